The predicted molar refractivity (Wildman–Crippen MR) is 110 cm³/mol. The highest BCUT2D eigenvalue weighted by molar-refractivity contribution is 6.31. The van der Waals surface area contributed by atoms with Crippen LogP contribution in [-0.2, 0) is 11.2 Å². The van der Waals surface area contributed by atoms with Crippen LogP contribution in [0.15, 0.2) is 59.5 Å². The normalized spacial score (nSPS) is 11.8. The first-order chi connectivity index (χ1) is 13.8. The van der Waals surface area contributed by atoms with E-state index in [1.807, 2.05) is 0 Å². The highest BCUT2D eigenvalue weighted by Crippen LogP contribution is 2.36. The molecule has 1 heterocycles. The van der Waals surface area contributed by atoms with Gasteiger partial charge in [-0.3, -0.25) is 19.7 Å². The van der Waals surface area contributed by atoms with Crippen molar-refractivity contribution < 1.29 is 14.8 Å². The number of nitro benzene ring substituents is 1. The Balaban J connectivity index is 2.22. The second kappa shape index (κ2) is 8.46. The molecule has 0 fully saturated rings. The molecular formula is C20H14Cl2N2O5. The van der Waals surface area contributed by atoms with Gasteiger partial charge in [0, 0.05) is 27.9 Å². The molecule has 2 N–H and O–H groups in total. The fourth-order valence-electron chi connectivity index (χ4n) is 3.17. The summed E-state index contributed by atoms with van der Waals surface area (Å²) in [5, 5.41) is 22.0. The molecule has 29 heavy (non-hydrogen) atoms. The standard InChI is InChI=1S/C20H14Cl2N2O5/c21-12-3-1-2-11(8-12)9-16(20(26)27)18-14(6-7-23-19(18)25)15-10-13(22)4-5-17(15)24(28)29/h1-8,10,16H,9H2,(H,23,25)(H,26,27). The largest absolute Gasteiger partial charge is 0.481 e. The maximum atomic E-state index is 12.6. The number of hydrogen-bond donors (Lipinski definition) is 2. The minimum absolute atomic E-state index is 0.0235. The number of rotatable bonds is 6. The Morgan fingerprint density at radius 2 is 1.83 bits per heavy atom. The Kier molecular flexibility index (Phi) is 6.00. The van der Waals surface area contributed by atoms with E-state index in [-0.39, 0.29) is 33.8 Å². The molecule has 3 aromatic rings. The van der Waals surface area contributed by atoms with Crippen molar-refractivity contribution in [3.05, 3.63) is 96.4 Å². The van der Waals surface area contributed by atoms with Crippen LogP contribution in [0.4, 0.5) is 5.69 Å². The second-order valence-electron chi connectivity index (χ2n) is 6.28. The summed E-state index contributed by atoms with van der Waals surface area (Å²) >= 11 is 12.0. The molecular weight excluding hydrogens is 419 g/mol. The van der Waals surface area contributed by atoms with Crippen LogP contribution in [-0.4, -0.2) is 21.0 Å². The molecule has 1 atom stereocenters. The van der Waals surface area contributed by atoms with Gasteiger partial charge in [-0.2, -0.15) is 0 Å². The summed E-state index contributed by atoms with van der Waals surface area (Å²) in [5.74, 6) is -2.50. The molecule has 2 aromatic carbocycles. The third-order valence-electron chi connectivity index (χ3n) is 4.42. The number of carboxylic acid groups (broad SMARTS) is 1. The smallest absolute Gasteiger partial charge is 0.311 e. The Morgan fingerprint density at radius 3 is 2.48 bits per heavy atom. The zero-order valence-corrected chi connectivity index (χ0v) is 16.3. The van der Waals surface area contributed by atoms with Crippen molar-refractivity contribution in [2.75, 3.05) is 0 Å². The van der Waals surface area contributed by atoms with Gasteiger partial charge < -0.3 is 10.1 Å². The highest BCUT2D eigenvalue weighted by Gasteiger charge is 2.29. The number of aliphatic carboxylic acids is 1. The van der Waals surface area contributed by atoms with Crippen LogP contribution in [0, 0.1) is 10.1 Å². The average molecular weight is 433 g/mol. The Morgan fingerprint density at radius 1 is 1.10 bits per heavy atom. The molecule has 0 saturated heterocycles. The van der Waals surface area contributed by atoms with Gasteiger partial charge in [0.25, 0.3) is 11.2 Å². The van der Waals surface area contributed by atoms with Crippen molar-refractivity contribution in [1.29, 1.82) is 0 Å². The van der Waals surface area contributed by atoms with Crippen molar-refractivity contribution in [2.24, 2.45) is 0 Å². The first kappa shape index (κ1) is 20.6. The van der Waals surface area contributed by atoms with Crippen LogP contribution in [0.3, 0.4) is 0 Å². The molecule has 1 unspecified atom stereocenters. The fourth-order valence-corrected chi connectivity index (χ4v) is 3.55. The van der Waals surface area contributed by atoms with Crippen LogP contribution >= 0.6 is 23.2 Å². The van der Waals surface area contributed by atoms with Crippen LogP contribution in [0.1, 0.15) is 17.0 Å². The van der Waals surface area contributed by atoms with E-state index < -0.39 is 22.4 Å². The van der Waals surface area contributed by atoms with Gasteiger partial charge in [-0.15, -0.1) is 0 Å². The van der Waals surface area contributed by atoms with Crippen LogP contribution < -0.4 is 5.56 Å². The van der Waals surface area contributed by atoms with E-state index in [0.717, 1.165) is 0 Å². The molecule has 7 nitrogen and oxygen atoms in total. The molecule has 0 aliphatic carbocycles. The number of hydrogen-bond acceptors (Lipinski definition) is 4. The van der Waals surface area contributed by atoms with E-state index in [9.17, 15) is 24.8 Å². The van der Waals surface area contributed by atoms with Gasteiger partial charge in [-0.05, 0) is 47.9 Å². The minimum Gasteiger partial charge on any atom is -0.481 e. The Hall–Kier alpha value is -3.16. The molecule has 0 aliphatic rings. The number of nitrogens with one attached hydrogen (secondary N) is 1. The predicted octanol–water partition coefficient (Wildman–Crippen LogP) is 4.67. The first-order valence-electron chi connectivity index (χ1n) is 8.41. The molecule has 9 heteroatoms. The quantitative estimate of drug-likeness (QED) is 0.433. The van der Waals surface area contributed by atoms with Gasteiger partial charge in [-0.1, -0.05) is 35.3 Å². The van der Waals surface area contributed by atoms with E-state index in [0.29, 0.717) is 10.6 Å². The minimum atomic E-state index is -1.26. The number of carboxylic acids is 1. The summed E-state index contributed by atoms with van der Waals surface area (Å²) in [6.45, 7) is 0. The van der Waals surface area contributed by atoms with E-state index in [4.69, 9.17) is 23.2 Å². The SMILES string of the molecule is O=C(O)C(Cc1cccc(Cl)c1)c1c(-c2cc(Cl)ccc2[N+](=O)[O-])cc[nH]c1=O. The second-order valence-corrected chi connectivity index (χ2v) is 7.15. The van der Waals surface area contributed by atoms with E-state index in [2.05, 4.69) is 4.98 Å². The molecule has 0 saturated carbocycles. The van der Waals surface area contributed by atoms with Crippen molar-refractivity contribution >= 4 is 34.9 Å². The van der Waals surface area contributed by atoms with Gasteiger partial charge in [-0.25, -0.2) is 0 Å². The monoisotopic (exact) mass is 432 g/mol. The van der Waals surface area contributed by atoms with Crippen LogP contribution in [0.25, 0.3) is 11.1 Å². The van der Waals surface area contributed by atoms with Crippen molar-refractivity contribution in [2.45, 2.75) is 12.3 Å². The Bertz CT molecular complexity index is 1160. The number of pyridine rings is 1. The molecule has 3 rings (SSSR count). The van der Waals surface area contributed by atoms with Crippen molar-refractivity contribution in [3.63, 3.8) is 0 Å². The summed E-state index contributed by atoms with van der Waals surface area (Å²) in [5.41, 5.74) is -0.206. The number of halogens is 2. The number of nitro groups is 1. The van der Waals surface area contributed by atoms with E-state index >= 15 is 0 Å². The lowest BCUT2D eigenvalue weighted by Crippen LogP contribution is -2.24. The number of benzene rings is 2. The maximum Gasteiger partial charge on any atom is 0.311 e. The fraction of sp³-hybridized carbons (Fsp3) is 0.100. The zero-order chi connectivity index (χ0) is 21.1. The van der Waals surface area contributed by atoms with Crippen molar-refractivity contribution in [1.82, 2.24) is 4.98 Å². The summed E-state index contributed by atoms with van der Waals surface area (Å²) < 4.78 is 0. The molecule has 0 bridgehead atoms. The van der Waals surface area contributed by atoms with E-state index in [1.54, 1.807) is 24.3 Å². The molecule has 0 spiro atoms. The first-order valence-corrected chi connectivity index (χ1v) is 9.16. The van der Waals surface area contributed by atoms with Gasteiger partial charge in [0.1, 0.15) is 0 Å². The van der Waals surface area contributed by atoms with Gasteiger partial charge >= 0.3 is 5.97 Å². The lowest BCUT2D eigenvalue weighted by Gasteiger charge is -2.16. The van der Waals surface area contributed by atoms with Gasteiger partial charge in [0.05, 0.1) is 16.4 Å². The van der Waals surface area contributed by atoms with Crippen molar-refractivity contribution in [3.8, 4) is 11.1 Å². The Labute approximate surface area is 174 Å². The van der Waals surface area contributed by atoms with Crippen LogP contribution in [0.5, 0.6) is 0 Å². The number of aromatic nitrogens is 1. The summed E-state index contributed by atoms with van der Waals surface area (Å²) in [4.78, 5) is 38.0. The van der Waals surface area contributed by atoms with E-state index in [1.165, 1.54) is 30.5 Å². The summed E-state index contributed by atoms with van der Waals surface area (Å²) in [6.07, 6.45) is 1.29. The van der Waals surface area contributed by atoms with Crippen LogP contribution in [0.2, 0.25) is 10.0 Å². The molecule has 0 aliphatic heterocycles. The molecule has 0 amide bonds. The number of H-pyrrole nitrogens is 1. The molecule has 148 valence electrons. The lowest BCUT2D eigenvalue weighted by molar-refractivity contribution is -0.384. The summed E-state index contributed by atoms with van der Waals surface area (Å²) in [6, 6.07) is 12.0. The van der Waals surface area contributed by atoms with Gasteiger partial charge in [0.15, 0.2) is 0 Å². The van der Waals surface area contributed by atoms with Gasteiger partial charge in [0.2, 0.25) is 0 Å². The topological polar surface area (TPSA) is 113 Å². The molecule has 1 aromatic heterocycles. The number of carbonyl (C=O) groups is 1. The number of nitrogens with zero attached hydrogens (tertiary/aromatic N) is 1. The maximum absolute atomic E-state index is 12.6. The lowest BCUT2D eigenvalue weighted by atomic mass is 9.87. The third kappa shape index (κ3) is 4.47. The highest BCUT2D eigenvalue weighted by atomic mass is 35.5. The number of aromatic amines is 1. The molecule has 0 radical (unpaired) electrons. The average Bonchev–Trinajstić information content (AvgIpc) is 2.66. The third-order valence-corrected chi connectivity index (χ3v) is 4.89. The summed E-state index contributed by atoms with van der Waals surface area (Å²) in [7, 11) is 0. The zero-order valence-electron chi connectivity index (χ0n) is 14.8.